The quantitative estimate of drug-likeness (QED) is 0.366. The van der Waals surface area contributed by atoms with Gasteiger partial charge in [0.1, 0.15) is 18.5 Å². The predicted molar refractivity (Wildman–Crippen MR) is 110 cm³/mol. The molecule has 0 unspecified atom stereocenters. The highest BCUT2D eigenvalue weighted by molar-refractivity contribution is 14.1. The van der Waals surface area contributed by atoms with Crippen molar-refractivity contribution in [3.8, 4) is 0 Å². The van der Waals surface area contributed by atoms with Crippen LogP contribution >= 0.6 is 34.1 Å². The lowest BCUT2D eigenvalue weighted by Crippen LogP contribution is -2.22. The number of ketones is 1. The standard InChI is InChI=1S/C19H17FINO4S/c20-17-6-13(21)3-1-11(17)5-16-15(4-2-12-7-22-27-19(12)16)18(25)10-26-9-14(24)8-23/h1-4,6-7,14,23-24H,5,8-10H2/t14-/m1/s1. The molecule has 2 aromatic carbocycles. The molecule has 27 heavy (non-hydrogen) atoms. The van der Waals surface area contributed by atoms with E-state index in [1.54, 1.807) is 18.3 Å². The molecule has 0 amide bonds. The van der Waals surface area contributed by atoms with E-state index in [-0.39, 0.29) is 31.2 Å². The van der Waals surface area contributed by atoms with E-state index in [0.29, 0.717) is 16.7 Å². The number of Topliss-reactive ketones (excluding diaryl/α,β-unsaturated/α-hetero) is 1. The van der Waals surface area contributed by atoms with E-state index in [9.17, 15) is 14.3 Å². The Morgan fingerprint density at radius 1 is 1.33 bits per heavy atom. The summed E-state index contributed by atoms with van der Waals surface area (Å²) < 4.78 is 25.4. The number of nitrogens with zero attached hydrogens (tertiary/aromatic N) is 1. The van der Waals surface area contributed by atoms with Crippen molar-refractivity contribution in [3.63, 3.8) is 0 Å². The number of hydrogen-bond acceptors (Lipinski definition) is 6. The highest BCUT2D eigenvalue weighted by Crippen LogP contribution is 2.29. The number of benzene rings is 2. The van der Waals surface area contributed by atoms with E-state index in [4.69, 9.17) is 9.84 Å². The smallest absolute Gasteiger partial charge is 0.188 e. The van der Waals surface area contributed by atoms with Gasteiger partial charge in [-0.1, -0.05) is 18.2 Å². The highest BCUT2D eigenvalue weighted by atomic mass is 127. The summed E-state index contributed by atoms with van der Waals surface area (Å²) in [5, 5.41) is 19.0. The van der Waals surface area contributed by atoms with Gasteiger partial charge in [-0.2, -0.15) is 4.37 Å². The predicted octanol–water partition coefficient (Wildman–Crippen LogP) is 3.18. The van der Waals surface area contributed by atoms with Crippen molar-refractivity contribution < 1.29 is 24.1 Å². The lowest BCUT2D eigenvalue weighted by Gasteiger charge is -2.12. The Balaban J connectivity index is 1.91. The molecule has 0 aliphatic heterocycles. The van der Waals surface area contributed by atoms with Crippen molar-refractivity contribution in [3.05, 3.63) is 62.6 Å². The van der Waals surface area contributed by atoms with Gasteiger partial charge in [0.05, 0.1) is 17.9 Å². The second-order valence-corrected chi connectivity index (χ2v) is 8.07. The molecule has 3 rings (SSSR count). The van der Waals surface area contributed by atoms with Crippen molar-refractivity contribution in [2.75, 3.05) is 19.8 Å². The molecule has 0 spiro atoms. The second kappa shape index (κ2) is 9.16. The van der Waals surface area contributed by atoms with Crippen LogP contribution in [0.1, 0.15) is 21.5 Å². The fourth-order valence-electron chi connectivity index (χ4n) is 2.70. The van der Waals surface area contributed by atoms with Crippen LogP contribution in [-0.4, -0.2) is 46.3 Å². The summed E-state index contributed by atoms with van der Waals surface area (Å²) in [7, 11) is 0. The zero-order valence-corrected chi connectivity index (χ0v) is 17.2. The molecule has 3 aromatic rings. The fraction of sp³-hybridized carbons (Fsp3) is 0.263. The Bertz CT molecular complexity index is 962. The molecule has 0 saturated carbocycles. The number of carbonyl (C=O) groups excluding carboxylic acids is 1. The molecule has 2 N–H and O–H groups in total. The zero-order valence-electron chi connectivity index (χ0n) is 14.2. The van der Waals surface area contributed by atoms with Crippen LogP contribution in [0.15, 0.2) is 36.5 Å². The lowest BCUT2D eigenvalue weighted by atomic mass is 9.96. The minimum absolute atomic E-state index is 0.133. The summed E-state index contributed by atoms with van der Waals surface area (Å²) in [6.45, 7) is -0.798. The van der Waals surface area contributed by atoms with E-state index in [1.165, 1.54) is 17.6 Å². The van der Waals surface area contributed by atoms with Crippen LogP contribution in [0.25, 0.3) is 10.1 Å². The van der Waals surface area contributed by atoms with Crippen LogP contribution in [0.2, 0.25) is 0 Å². The molecular formula is C19H17FINO4S. The average Bonchev–Trinajstić information content (AvgIpc) is 3.12. The van der Waals surface area contributed by atoms with Gasteiger partial charge >= 0.3 is 0 Å². The van der Waals surface area contributed by atoms with Crippen LogP contribution in [0, 0.1) is 9.39 Å². The number of aromatic nitrogens is 1. The van der Waals surface area contributed by atoms with E-state index >= 15 is 0 Å². The average molecular weight is 501 g/mol. The molecule has 0 aliphatic rings. The summed E-state index contributed by atoms with van der Waals surface area (Å²) in [5.41, 5.74) is 1.66. The van der Waals surface area contributed by atoms with Gasteiger partial charge in [0, 0.05) is 27.1 Å². The van der Waals surface area contributed by atoms with Crippen LogP contribution in [0.5, 0.6) is 0 Å². The number of aliphatic hydroxyl groups is 2. The van der Waals surface area contributed by atoms with Gasteiger partial charge in [0.2, 0.25) is 0 Å². The largest absolute Gasteiger partial charge is 0.394 e. The molecule has 0 radical (unpaired) electrons. The first-order valence-corrected chi connectivity index (χ1v) is 10.0. The molecule has 1 aromatic heterocycles. The first-order chi connectivity index (χ1) is 13.0. The SMILES string of the molecule is O=C(COC[C@H](O)CO)c1ccc2cnsc2c1Cc1ccc(I)cc1F. The number of carbonyl (C=O) groups is 1. The summed E-state index contributed by atoms with van der Waals surface area (Å²) in [4.78, 5) is 12.7. The van der Waals surface area contributed by atoms with Crippen molar-refractivity contribution in [2.24, 2.45) is 0 Å². The Morgan fingerprint density at radius 3 is 2.89 bits per heavy atom. The van der Waals surface area contributed by atoms with Crippen LogP contribution < -0.4 is 0 Å². The number of fused-ring (bicyclic) bond motifs is 1. The Labute approximate surface area is 173 Å². The number of aliphatic hydroxyl groups excluding tert-OH is 2. The Kier molecular flexibility index (Phi) is 6.88. The van der Waals surface area contributed by atoms with E-state index < -0.39 is 12.7 Å². The highest BCUT2D eigenvalue weighted by Gasteiger charge is 2.18. The Morgan fingerprint density at radius 2 is 2.15 bits per heavy atom. The normalized spacial score (nSPS) is 12.4. The van der Waals surface area contributed by atoms with Gasteiger partial charge in [0.15, 0.2) is 5.78 Å². The third-order valence-corrected chi connectivity index (χ3v) is 5.61. The third-order valence-electron chi connectivity index (χ3n) is 4.06. The van der Waals surface area contributed by atoms with Crippen molar-refractivity contribution in [1.82, 2.24) is 4.37 Å². The van der Waals surface area contributed by atoms with Crippen LogP contribution in [0.3, 0.4) is 0 Å². The molecule has 0 fully saturated rings. The molecule has 0 saturated heterocycles. The molecule has 142 valence electrons. The van der Waals surface area contributed by atoms with Crippen molar-refractivity contribution >= 4 is 50.0 Å². The van der Waals surface area contributed by atoms with Gasteiger partial charge in [-0.25, -0.2) is 4.39 Å². The Hall–Kier alpha value is -1.46. The van der Waals surface area contributed by atoms with Gasteiger partial charge in [0.25, 0.3) is 0 Å². The topological polar surface area (TPSA) is 79.7 Å². The van der Waals surface area contributed by atoms with Gasteiger partial charge in [-0.05, 0) is 57.4 Å². The zero-order chi connectivity index (χ0) is 19.4. The van der Waals surface area contributed by atoms with E-state index in [1.807, 2.05) is 12.1 Å². The third kappa shape index (κ3) is 4.88. The van der Waals surface area contributed by atoms with E-state index in [0.717, 1.165) is 13.7 Å². The molecule has 0 aliphatic carbocycles. The fourth-order valence-corrected chi connectivity index (χ4v) is 3.94. The van der Waals surface area contributed by atoms with Crippen molar-refractivity contribution in [2.45, 2.75) is 12.5 Å². The van der Waals surface area contributed by atoms with Gasteiger partial charge in [-0.15, -0.1) is 0 Å². The lowest BCUT2D eigenvalue weighted by molar-refractivity contribution is 0.00895. The summed E-state index contributed by atoms with van der Waals surface area (Å²) in [6, 6.07) is 8.52. The monoisotopic (exact) mass is 501 g/mol. The maximum atomic E-state index is 14.3. The maximum absolute atomic E-state index is 14.3. The maximum Gasteiger partial charge on any atom is 0.188 e. The molecule has 1 heterocycles. The number of hydrogen-bond donors (Lipinski definition) is 2. The molecule has 8 heteroatoms. The first kappa shape index (κ1) is 20.3. The molecule has 1 atom stereocenters. The summed E-state index contributed by atoms with van der Waals surface area (Å²) in [6.07, 6.45) is 0.959. The van der Waals surface area contributed by atoms with Crippen LogP contribution in [0.4, 0.5) is 4.39 Å². The number of halogens is 2. The van der Waals surface area contributed by atoms with Gasteiger partial charge in [-0.3, -0.25) is 4.79 Å². The number of rotatable bonds is 8. The molecule has 0 bridgehead atoms. The minimum Gasteiger partial charge on any atom is -0.394 e. The minimum atomic E-state index is -1.03. The summed E-state index contributed by atoms with van der Waals surface area (Å²) in [5.74, 6) is -0.583. The van der Waals surface area contributed by atoms with Crippen LogP contribution in [-0.2, 0) is 11.2 Å². The first-order valence-electron chi connectivity index (χ1n) is 8.19. The number of ether oxygens (including phenoxy) is 1. The van der Waals surface area contributed by atoms with Gasteiger partial charge < -0.3 is 14.9 Å². The van der Waals surface area contributed by atoms with Crippen molar-refractivity contribution in [1.29, 1.82) is 0 Å². The molecular weight excluding hydrogens is 484 g/mol. The summed E-state index contributed by atoms with van der Waals surface area (Å²) >= 11 is 3.32. The molecule has 5 nitrogen and oxygen atoms in total. The second-order valence-electron chi connectivity index (χ2n) is 6.02. The van der Waals surface area contributed by atoms with E-state index in [2.05, 4.69) is 27.0 Å².